The molecule has 1 amide bonds. The van der Waals surface area contributed by atoms with E-state index in [1.165, 1.54) is 0 Å². The minimum Gasteiger partial charge on any atom is -0.355 e. The van der Waals surface area contributed by atoms with Crippen LogP contribution < -0.4 is 5.32 Å². The van der Waals surface area contributed by atoms with Gasteiger partial charge < -0.3 is 10.2 Å². The zero-order valence-electron chi connectivity index (χ0n) is 14.1. The van der Waals surface area contributed by atoms with E-state index in [4.69, 9.17) is 0 Å². The van der Waals surface area contributed by atoms with Crippen LogP contribution in [0.2, 0.25) is 0 Å². The van der Waals surface area contributed by atoms with Gasteiger partial charge in [0.25, 0.3) is 5.91 Å². The number of nitrogens with one attached hydrogen (secondary N) is 1. The van der Waals surface area contributed by atoms with Crippen LogP contribution in [0.25, 0.3) is 0 Å². The van der Waals surface area contributed by atoms with Gasteiger partial charge in [0.1, 0.15) is 0 Å². The summed E-state index contributed by atoms with van der Waals surface area (Å²) in [5.74, 6) is 0.443. The maximum atomic E-state index is 12.5. The second kappa shape index (κ2) is 7.67. The van der Waals surface area contributed by atoms with Crippen LogP contribution in [0.4, 0.5) is 5.95 Å². The maximum Gasteiger partial charge on any atom is 0.256 e. The lowest BCUT2D eigenvalue weighted by Gasteiger charge is -2.25. The summed E-state index contributed by atoms with van der Waals surface area (Å²) in [6, 6.07) is 3.98. The number of aromatic nitrogens is 3. The van der Waals surface area contributed by atoms with Gasteiger partial charge in [-0.1, -0.05) is 6.07 Å². The average molecular weight is 313 g/mol. The molecule has 0 aliphatic carbocycles. The van der Waals surface area contributed by atoms with Crippen molar-refractivity contribution in [1.82, 2.24) is 19.9 Å². The van der Waals surface area contributed by atoms with Crippen LogP contribution in [0.15, 0.2) is 30.7 Å². The van der Waals surface area contributed by atoms with Crippen LogP contribution in [0.5, 0.6) is 0 Å². The number of hydrogen-bond acceptors (Lipinski definition) is 5. The highest BCUT2D eigenvalue weighted by Crippen LogP contribution is 2.12. The van der Waals surface area contributed by atoms with Gasteiger partial charge in [0.05, 0.1) is 5.56 Å². The number of aryl methyl sites for hydroxylation is 1. The molecule has 122 valence electrons. The predicted molar refractivity (Wildman–Crippen MR) is 90.4 cm³/mol. The molecule has 1 unspecified atom stereocenters. The van der Waals surface area contributed by atoms with E-state index in [0.717, 1.165) is 17.8 Å². The van der Waals surface area contributed by atoms with Crippen LogP contribution in [0.3, 0.4) is 0 Å². The Hall–Kier alpha value is -2.50. The van der Waals surface area contributed by atoms with Crippen molar-refractivity contribution in [1.29, 1.82) is 0 Å². The Kier molecular flexibility index (Phi) is 5.62. The van der Waals surface area contributed by atoms with E-state index < -0.39 is 0 Å². The van der Waals surface area contributed by atoms with Gasteiger partial charge in [0, 0.05) is 50.3 Å². The topological polar surface area (TPSA) is 71.0 Å². The van der Waals surface area contributed by atoms with E-state index in [1.807, 2.05) is 32.9 Å². The molecule has 0 fully saturated rings. The Morgan fingerprint density at radius 2 is 2.00 bits per heavy atom. The number of rotatable bonds is 6. The third kappa shape index (κ3) is 4.25. The molecule has 0 aliphatic heterocycles. The molecule has 1 atom stereocenters. The van der Waals surface area contributed by atoms with Gasteiger partial charge in [-0.15, -0.1) is 0 Å². The molecule has 2 rings (SSSR count). The van der Waals surface area contributed by atoms with Gasteiger partial charge in [-0.3, -0.25) is 9.78 Å². The number of carbonyl (C=O) groups is 1. The largest absolute Gasteiger partial charge is 0.355 e. The number of anilines is 1. The fourth-order valence-corrected chi connectivity index (χ4v) is 2.24. The SMILES string of the molecule is CCNc1ncc(C(=O)N(C)C(C)Cc2ncccc2C)cn1. The normalized spacial score (nSPS) is 11.8. The van der Waals surface area contributed by atoms with Crippen molar-refractivity contribution in [3.05, 3.63) is 47.5 Å². The monoisotopic (exact) mass is 313 g/mol. The average Bonchev–Trinajstić information content (AvgIpc) is 2.56. The lowest BCUT2D eigenvalue weighted by molar-refractivity contribution is 0.0742. The quantitative estimate of drug-likeness (QED) is 0.886. The Labute approximate surface area is 137 Å². The van der Waals surface area contributed by atoms with Crippen molar-refractivity contribution in [3.8, 4) is 0 Å². The lowest BCUT2D eigenvalue weighted by Crippen LogP contribution is -2.37. The second-order valence-electron chi connectivity index (χ2n) is 5.56. The summed E-state index contributed by atoms with van der Waals surface area (Å²) in [7, 11) is 1.80. The second-order valence-corrected chi connectivity index (χ2v) is 5.56. The molecule has 1 N–H and O–H groups in total. The Balaban J connectivity index is 2.05. The minimum atomic E-state index is -0.0888. The lowest BCUT2D eigenvalue weighted by atomic mass is 10.1. The summed E-state index contributed by atoms with van der Waals surface area (Å²) >= 11 is 0. The summed E-state index contributed by atoms with van der Waals surface area (Å²) in [4.78, 5) is 26.9. The molecular weight excluding hydrogens is 290 g/mol. The first-order valence-electron chi connectivity index (χ1n) is 7.76. The Morgan fingerprint density at radius 1 is 1.30 bits per heavy atom. The molecule has 6 heteroatoms. The fourth-order valence-electron chi connectivity index (χ4n) is 2.24. The predicted octanol–water partition coefficient (Wildman–Crippen LogP) is 2.32. The van der Waals surface area contributed by atoms with Gasteiger partial charge in [-0.05, 0) is 32.4 Å². The summed E-state index contributed by atoms with van der Waals surface area (Å²) < 4.78 is 0. The summed E-state index contributed by atoms with van der Waals surface area (Å²) in [5, 5.41) is 3.01. The van der Waals surface area contributed by atoms with Gasteiger partial charge in [0.15, 0.2) is 0 Å². The van der Waals surface area contributed by atoms with Crippen LogP contribution in [0.1, 0.15) is 35.5 Å². The van der Waals surface area contributed by atoms with Gasteiger partial charge in [-0.2, -0.15) is 0 Å². The van der Waals surface area contributed by atoms with E-state index in [2.05, 4.69) is 20.3 Å². The van der Waals surface area contributed by atoms with E-state index in [9.17, 15) is 4.79 Å². The third-order valence-electron chi connectivity index (χ3n) is 3.82. The Bertz CT molecular complexity index is 656. The van der Waals surface area contributed by atoms with Crippen LogP contribution in [0, 0.1) is 6.92 Å². The first-order valence-corrected chi connectivity index (χ1v) is 7.76. The van der Waals surface area contributed by atoms with Crippen molar-refractivity contribution in [3.63, 3.8) is 0 Å². The molecular formula is C17H23N5O. The molecule has 2 aromatic rings. The van der Waals surface area contributed by atoms with Crippen LogP contribution in [-0.4, -0.2) is 45.4 Å². The molecule has 0 saturated carbocycles. The minimum absolute atomic E-state index is 0.0320. The van der Waals surface area contributed by atoms with E-state index in [1.54, 1.807) is 30.5 Å². The van der Waals surface area contributed by atoms with Gasteiger partial charge in [0.2, 0.25) is 5.95 Å². The zero-order chi connectivity index (χ0) is 16.8. The molecule has 6 nitrogen and oxygen atoms in total. The highest BCUT2D eigenvalue weighted by Gasteiger charge is 2.19. The number of pyridine rings is 1. The smallest absolute Gasteiger partial charge is 0.256 e. The number of carbonyl (C=O) groups excluding carboxylic acids is 1. The standard InChI is InChI=1S/C17H23N5O/c1-5-18-17-20-10-14(11-21-17)16(23)22(4)13(3)9-15-12(2)7-6-8-19-15/h6-8,10-11,13H,5,9H2,1-4H3,(H,18,20,21). The number of nitrogens with zero attached hydrogens (tertiary/aromatic N) is 4. The van der Waals surface area contributed by atoms with Crippen molar-refractivity contribution in [2.75, 3.05) is 18.9 Å². The highest BCUT2D eigenvalue weighted by molar-refractivity contribution is 5.93. The summed E-state index contributed by atoms with van der Waals surface area (Å²) in [6.07, 6.45) is 5.61. The van der Waals surface area contributed by atoms with Crippen molar-refractivity contribution >= 4 is 11.9 Å². The molecule has 0 aliphatic rings. The van der Waals surface area contributed by atoms with E-state index >= 15 is 0 Å². The maximum absolute atomic E-state index is 12.5. The fraction of sp³-hybridized carbons (Fsp3) is 0.412. The zero-order valence-corrected chi connectivity index (χ0v) is 14.1. The molecule has 0 spiro atoms. The molecule has 0 aromatic carbocycles. The summed E-state index contributed by atoms with van der Waals surface area (Å²) in [6.45, 7) is 6.76. The first kappa shape index (κ1) is 16.9. The van der Waals surface area contributed by atoms with Crippen molar-refractivity contribution in [2.45, 2.75) is 33.2 Å². The van der Waals surface area contributed by atoms with E-state index in [-0.39, 0.29) is 11.9 Å². The van der Waals surface area contributed by atoms with Crippen LogP contribution in [-0.2, 0) is 6.42 Å². The molecule has 0 bridgehead atoms. The third-order valence-corrected chi connectivity index (χ3v) is 3.82. The van der Waals surface area contributed by atoms with Gasteiger partial charge in [-0.25, -0.2) is 9.97 Å². The summed E-state index contributed by atoms with van der Waals surface area (Å²) in [5.41, 5.74) is 2.63. The Morgan fingerprint density at radius 3 is 2.61 bits per heavy atom. The molecule has 2 heterocycles. The number of hydrogen-bond donors (Lipinski definition) is 1. The van der Waals surface area contributed by atoms with Crippen molar-refractivity contribution in [2.24, 2.45) is 0 Å². The van der Waals surface area contributed by atoms with E-state index in [0.29, 0.717) is 17.9 Å². The van der Waals surface area contributed by atoms with Gasteiger partial charge >= 0.3 is 0 Å². The first-order chi connectivity index (χ1) is 11.0. The molecule has 23 heavy (non-hydrogen) atoms. The van der Waals surface area contributed by atoms with Crippen LogP contribution >= 0.6 is 0 Å². The molecule has 2 aromatic heterocycles. The molecule has 0 saturated heterocycles. The van der Waals surface area contributed by atoms with Crippen molar-refractivity contribution < 1.29 is 4.79 Å². The number of likely N-dealkylation sites (N-methyl/N-ethyl adjacent to an activating group) is 1. The molecule has 0 radical (unpaired) electrons. The highest BCUT2D eigenvalue weighted by atomic mass is 16.2. The number of amides is 1.